The van der Waals surface area contributed by atoms with Crippen molar-refractivity contribution in [2.75, 3.05) is 48.6 Å². The first kappa shape index (κ1) is 34.6. The van der Waals surface area contributed by atoms with Crippen molar-refractivity contribution >= 4 is 26.2 Å². The quantitative estimate of drug-likeness (QED) is 0.356. The molecule has 2 aromatic carbocycles. The molecule has 2 bridgehead atoms. The van der Waals surface area contributed by atoms with Gasteiger partial charge in [-0.05, 0) is 62.7 Å². The van der Waals surface area contributed by atoms with E-state index in [1.807, 2.05) is 37.9 Å². The van der Waals surface area contributed by atoms with Crippen molar-refractivity contribution in [3.8, 4) is 28.7 Å². The van der Waals surface area contributed by atoms with Crippen molar-refractivity contribution < 1.29 is 38.1 Å². The fourth-order valence-electron chi connectivity index (χ4n) is 7.02. The molecule has 1 saturated heterocycles. The van der Waals surface area contributed by atoms with Crippen LogP contribution < -0.4 is 24.0 Å². The van der Waals surface area contributed by atoms with Crippen LogP contribution in [0.1, 0.15) is 66.2 Å². The number of aryl methyl sites for hydroxylation is 1. The molecule has 12 heteroatoms. The zero-order valence-electron chi connectivity index (χ0n) is 29.7. The van der Waals surface area contributed by atoms with Crippen LogP contribution in [-0.2, 0) is 20.7 Å². The molecule has 0 radical (unpaired) electrons. The maximum atomic E-state index is 14.7. The highest BCUT2D eigenvalue weighted by atomic mass is 28.4. The third-order valence-corrected chi connectivity index (χ3v) is 14.7. The maximum absolute atomic E-state index is 14.7. The van der Waals surface area contributed by atoms with E-state index in [1.54, 1.807) is 26.2 Å². The van der Waals surface area contributed by atoms with Gasteiger partial charge in [-0.2, -0.15) is 0 Å². The number of nitrogens with zero attached hydrogens (tertiary/aromatic N) is 2. The van der Waals surface area contributed by atoms with Crippen LogP contribution in [-0.4, -0.2) is 89.7 Å². The van der Waals surface area contributed by atoms with Crippen molar-refractivity contribution in [1.29, 1.82) is 0 Å². The lowest BCUT2D eigenvalue weighted by molar-refractivity contribution is -0.144. The minimum absolute atomic E-state index is 0.0602. The number of hydrogen-bond donors (Lipinski definition) is 2. The summed E-state index contributed by atoms with van der Waals surface area (Å²) in [7, 11) is 5.68. The topological polar surface area (TPSA) is 119 Å². The highest BCUT2D eigenvalue weighted by Gasteiger charge is 2.53. The van der Waals surface area contributed by atoms with Gasteiger partial charge >= 0.3 is 0 Å². The van der Waals surface area contributed by atoms with Gasteiger partial charge in [0.1, 0.15) is 12.4 Å². The van der Waals surface area contributed by atoms with Gasteiger partial charge in [0.25, 0.3) is 8.32 Å². The van der Waals surface area contributed by atoms with Crippen molar-refractivity contribution in [3.63, 3.8) is 0 Å². The molecule has 3 atom stereocenters. The lowest BCUT2D eigenvalue weighted by Gasteiger charge is -2.53. The minimum atomic E-state index is -2.41. The second-order valence-electron chi connectivity index (χ2n) is 14.2. The highest BCUT2D eigenvalue weighted by Crippen LogP contribution is 2.58. The van der Waals surface area contributed by atoms with Crippen LogP contribution >= 0.6 is 0 Å². The number of piperazine rings is 1. The molecule has 2 aromatic rings. The fraction of sp³-hybridized carbons (Fsp3) is 0.543. The van der Waals surface area contributed by atoms with E-state index in [4.69, 9.17) is 23.4 Å². The van der Waals surface area contributed by atoms with E-state index < -0.39 is 26.4 Å². The third kappa shape index (κ3) is 5.43. The van der Waals surface area contributed by atoms with E-state index in [1.165, 1.54) is 7.11 Å². The molecule has 2 N–H and O–H groups in total. The van der Waals surface area contributed by atoms with Gasteiger partial charge in [-0.25, -0.2) is 0 Å². The van der Waals surface area contributed by atoms with Crippen molar-refractivity contribution in [2.45, 2.75) is 77.3 Å². The summed E-state index contributed by atoms with van der Waals surface area (Å²) < 4.78 is 29.9. The van der Waals surface area contributed by atoms with E-state index in [-0.39, 0.29) is 35.8 Å². The second kappa shape index (κ2) is 12.4. The lowest BCUT2D eigenvalue weighted by atomic mass is 9.78. The molecular weight excluding hydrogens is 618 g/mol. The summed E-state index contributed by atoms with van der Waals surface area (Å²) in [4.78, 5) is 31.3. The number of methoxy groups -OCH3 is 4. The normalized spacial score (nSPS) is 20.5. The third-order valence-electron chi connectivity index (χ3n) is 10.4. The van der Waals surface area contributed by atoms with Gasteiger partial charge in [0.05, 0.1) is 39.5 Å². The number of likely N-dealkylation sites (N-methyl/N-ethyl adjacent to an activating group) is 1. The van der Waals surface area contributed by atoms with Gasteiger partial charge in [0.15, 0.2) is 23.0 Å². The number of amides is 2. The van der Waals surface area contributed by atoms with Gasteiger partial charge in [-0.15, -0.1) is 0 Å². The van der Waals surface area contributed by atoms with E-state index in [0.29, 0.717) is 46.2 Å². The molecule has 3 aliphatic rings. The van der Waals surface area contributed by atoms with Gasteiger partial charge in [0.2, 0.25) is 11.8 Å². The Balaban J connectivity index is 1.86. The minimum Gasteiger partial charge on any atom is -0.543 e. The van der Waals surface area contributed by atoms with Crippen LogP contribution in [0.2, 0.25) is 18.1 Å². The number of aromatic hydroxyl groups is 1. The van der Waals surface area contributed by atoms with E-state index in [9.17, 15) is 14.7 Å². The van der Waals surface area contributed by atoms with Crippen molar-refractivity contribution in [1.82, 2.24) is 15.1 Å². The number of fused-ring (bicyclic) bond motifs is 7. The number of phenols is 1. The Morgan fingerprint density at radius 2 is 1.66 bits per heavy atom. The predicted octanol–water partition coefficient (Wildman–Crippen LogP) is 5.02. The summed E-state index contributed by atoms with van der Waals surface area (Å²) in [5, 5.41) is 14.5. The van der Waals surface area contributed by atoms with E-state index in [2.05, 4.69) is 39.2 Å². The van der Waals surface area contributed by atoms with E-state index >= 15 is 0 Å². The lowest BCUT2D eigenvalue weighted by Crippen LogP contribution is -2.60. The molecule has 0 aliphatic carbocycles. The molecule has 5 rings (SSSR count). The summed E-state index contributed by atoms with van der Waals surface area (Å²) in [5.74, 6) is 1.68. The Labute approximate surface area is 278 Å². The zero-order valence-corrected chi connectivity index (χ0v) is 30.7. The fourth-order valence-corrected chi connectivity index (χ4v) is 8.10. The Bertz CT molecular complexity index is 1650. The molecule has 1 fully saturated rings. The number of nitrogens with one attached hydrogen (secondary N) is 1. The van der Waals surface area contributed by atoms with Crippen LogP contribution in [0.4, 0.5) is 0 Å². The first-order valence-electron chi connectivity index (χ1n) is 15.9. The molecule has 256 valence electrons. The molecule has 0 spiro atoms. The van der Waals surface area contributed by atoms with Crippen LogP contribution in [0.15, 0.2) is 11.8 Å². The van der Waals surface area contributed by atoms with Crippen LogP contribution in [0, 0.1) is 13.8 Å². The first-order valence-corrected chi connectivity index (χ1v) is 18.8. The van der Waals surface area contributed by atoms with Gasteiger partial charge in [0, 0.05) is 41.6 Å². The highest BCUT2D eigenvalue weighted by molar-refractivity contribution is 6.74. The number of benzene rings is 2. The summed E-state index contributed by atoms with van der Waals surface area (Å²) >= 11 is 0. The molecule has 47 heavy (non-hydrogen) atoms. The van der Waals surface area contributed by atoms with Gasteiger partial charge in [-0.3, -0.25) is 14.5 Å². The van der Waals surface area contributed by atoms with Crippen molar-refractivity contribution in [2.24, 2.45) is 0 Å². The molecule has 3 aliphatic heterocycles. The average molecular weight is 668 g/mol. The smallest absolute Gasteiger partial charge is 0.250 e. The number of phenolic OH excluding ortho intramolecular Hbond substituents is 1. The molecular formula is C35H49N3O8Si. The van der Waals surface area contributed by atoms with Gasteiger partial charge in [-0.1, -0.05) is 26.8 Å². The first-order chi connectivity index (χ1) is 22.0. The second-order valence-corrected chi connectivity index (χ2v) is 18.9. The van der Waals surface area contributed by atoms with Crippen LogP contribution in [0.3, 0.4) is 0 Å². The van der Waals surface area contributed by atoms with E-state index in [0.717, 1.165) is 22.3 Å². The Morgan fingerprint density at radius 1 is 1.02 bits per heavy atom. The molecule has 11 nitrogen and oxygen atoms in total. The number of rotatable bonds is 9. The SMILES string of the molecule is COCC(=O)NC[C@H]1c2c(c(O[Si](C)(C)C(C)(C)C)c(C)c(OC)c2OC)C=C2[C@H]3c4c(cc(C)c(OC)c4O)C[C@H](C(=O)N21)N3C. The number of ether oxygens (including phenoxy) is 4. The maximum Gasteiger partial charge on any atom is 0.250 e. The standard InChI is InChI=1S/C35H49N3O8Si/c1-18-13-20-14-23-34(41)38-22(28(37(23)6)26(20)29(40)30(18)43-8)15-21-27(24(38)16-36-25(39)17-42-7)33(45-10)32(44-9)19(2)31(21)46-47(11,12)35(3,4)5/h13,15,23-24,28,40H,14,16-17H2,1-12H3,(H,36,39)/t23-,24+,28+/m1/s1. The molecule has 0 saturated carbocycles. The van der Waals surface area contributed by atoms with Gasteiger partial charge < -0.3 is 38.7 Å². The molecule has 3 heterocycles. The molecule has 0 aromatic heterocycles. The molecule has 0 unspecified atom stereocenters. The number of carbonyl (C=O) groups is 2. The largest absolute Gasteiger partial charge is 0.543 e. The summed E-state index contributed by atoms with van der Waals surface area (Å²) in [6.07, 6.45) is 2.41. The number of hydrogen-bond acceptors (Lipinski definition) is 9. The zero-order chi connectivity index (χ0) is 34.7. The monoisotopic (exact) mass is 667 g/mol. The Kier molecular flexibility index (Phi) is 9.10. The summed E-state index contributed by atoms with van der Waals surface area (Å²) in [6, 6.07) is 0.333. The van der Waals surface area contributed by atoms with Crippen LogP contribution in [0.5, 0.6) is 28.7 Å². The summed E-state index contributed by atoms with van der Waals surface area (Å²) in [6.45, 7) is 14.7. The Morgan fingerprint density at radius 3 is 2.23 bits per heavy atom. The molecule has 2 amide bonds. The Hall–Kier alpha value is -3.74. The predicted molar refractivity (Wildman–Crippen MR) is 182 cm³/mol. The number of carbonyl (C=O) groups excluding carboxylic acids is 2. The van der Waals surface area contributed by atoms with Crippen LogP contribution in [0.25, 0.3) is 6.08 Å². The summed E-state index contributed by atoms with van der Waals surface area (Å²) in [5.41, 5.74) is 5.29. The average Bonchev–Trinajstić information content (AvgIpc) is 2.99. The van der Waals surface area contributed by atoms with Crippen molar-refractivity contribution in [3.05, 3.63) is 45.1 Å².